The number of imide groups is 1. The fourth-order valence-corrected chi connectivity index (χ4v) is 3.69. The molecule has 0 spiro atoms. The third-order valence-corrected chi connectivity index (χ3v) is 5.47. The molecule has 1 unspecified atom stereocenters. The molecule has 0 bridgehead atoms. The molecule has 29 heavy (non-hydrogen) atoms. The largest absolute Gasteiger partial charge is 0.497 e. The van der Waals surface area contributed by atoms with Gasteiger partial charge in [0.05, 0.1) is 19.3 Å². The van der Waals surface area contributed by atoms with E-state index in [0.29, 0.717) is 18.5 Å². The number of nitrogens with one attached hydrogen (secondary N) is 1. The average molecular weight is 392 g/mol. The Morgan fingerprint density at radius 2 is 1.93 bits per heavy atom. The summed E-state index contributed by atoms with van der Waals surface area (Å²) in [6.07, 6.45) is 4.96. The third kappa shape index (κ3) is 3.55. The van der Waals surface area contributed by atoms with E-state index in [2.05, 4.69) is 10.3 Å². The SMILES string of the molecule is COc1ccc(CCC2(C)NC(=O)N(Cc3cn4cccc(C)c4n3)C2=O)cc1. The number of carbonyl (C=O) groups excluding carboxylic acids is 2. The van der Waals surface area contributed by atoms with Gasteiger partial charge in [0, 0.05) is 12.4 Å². The smallest absolute Gasteiger partial charge is 0.325 e. The van der Waals surface area contributed by atoms with Gasteiger partial charge in [0.1, 0.15) is 16.9 Å². The van der Waals surface area contributed by atoms with Crippen LogP contribution in [0.4, 0.5) is 4.79 Å². The number of nitrogens with zero attached hydrogens (tertiary/aromatic N) is 3. The zero-order valence-electron chi connectivity index (χ0n) is 16.8. The summed E-state index contributed by atoms with van der Waals surface area (Å²) < 4.78 is 7.08. The molecule has 1 atom stereocenters. The molecule has 1 aliphatic rings. The summed E-state index contributed by atoms with van der Waals surface area (Å²) in [6.45, 7) is 3.92. The molecule has 1 aromatic carbocycles. The van der Waals surface area contributed by atoms with E-state index in [9.17, 15) is 9.59 Å². The Bertz CT molecular complexity index is 1070. The van der Waals surface area contributed by atoms with Gasteiger partial charge in [-0.15, -0.1) is 0 Å². The Balaban J connectivity index is 1.47. The minimum Gasteiger partial charge on any atom is -0.497 e. The van der Waals surface area contributed by atoms with Crippen molar-refractivity contribution in [1.29, 1.82) is 0 Å². The molecular formula is C22H24N4O3. The number of hydrogen-bond donors (Lipinski definition) is 1. The Morgan fingerprint density at radius 1 is 1.17 bits per heavy atom. The van der Waals surface area contributed by atoms with Crippen molar-refractivity contribution in [1.82, 2.24) is 19.6 Å². The van der Waals surface area contributed by atoms with E-state index in [1.54, 1.807) is 14.0 Å². The summed E-state index contributed by atoms with van der Waals surface area (Å²) in [5.74, 6) is 0.573. The van der Waals surface area contributed by atoms with Crippen LogP contribution in [0.5, 0.6) is 5.75 Å². The van der Waals surface area contributed by atoms with Gasteiger partial charge < -0.3 is 14.5 Å². The number of methoxy groups -OCH3 is 1. The minimum absolute atomic E-state index is 0.157. The first-order chi connectivity index (χ1) is 13.9. The van der Waals surface area contributed by atoms with E-state index in [4.69, 9.17) is 4.74 Å². The number of hydrogen-bond acceptors (Lipinski definition) is 4. The van der Waals surface area contributed by atoms with Crippen molar-refractivity contribution in [3.63, 3.8) is 0 Å². The van der Waals surface area contributed by atoms with E-state index < -0.39 is 5.54 Å². The molecule has 7 nitrogen and oxygen atoms in total. The van der Waals surface area contributed by atoms with E-state index in [1.165, 1.54) is 4.90 Å². The number of amides is 3. The van der Waals surface area contributed by atoms with Gasteiger partial charge in [0.15, 0.2) is 0 Å². The summed E-state index contributed by atoms with van der Waals surface area (Å²) in [4.78, 5) is 31.4. The minimum atomic E-state index is -0.925. The molecule has 1 aliphatic heterocycles. The summed E-state index contributed by atoms with van der Waals surface area (Å²) in [5.41, 5.74) is 2.72. The molecule has 7 heteroatoms. The monoisotopic (exact) mass is 392 g/mol. The lowest BCUT2D eigenvalue weighted by atomic mass is 9.93. The standard InChI is InChI=1S/C22H24N4O3/c1-15-5-4-12-25-13-17(23-19(15)25)14-26-20(27)22(2,24-21(26)28)11-10-16-6-8-18(29-3)9-7-16/h4-9,12-13H,10-11,14H2,1-3H3,(H,24,28). The number of aromatic nitrogens is 2. The molecule has 0 saturated carbocycles. The number of urea groups is 1. The summed E-state index contributed by atoms with van der Waals surface area (Å²) >= 11 is 0. The molecule has 0 aliphatic carbocycles. The number of fused-ring (bicyclic) bond motifs is 1. The Hall–Kier alpha value is -3.35. The van der Waals surface area contributed by atoms with Crippen molar-refractivity contribution in [3.8, 4) is 5.75 Å². The van der Waals surface area contributed by atoms with Crippen molar-refractivity contribution in [3.05, 3.63) is 65.6 Å². The molecule has 150 valence electrons. The Morgan fingerprint density at radius 3 is 2.62 bits per heavy atom. The van der Waals surface area contributed by atoms with E-state index >= 15 is 0 Å². The fraction of sp³-hybridized carbons (Fsp3) is 0.318. The zero-order chi connectivity index (χ0) is 20.6. The highest BCUT2D eigenvalue weighted by molar-refractivity contribution is 6.06. The number of aryl methyl sites for hydroxylation is 2. The Kier molecular flexibility index (Phi) is 4.74. The normalized spacial score (nSPS) is 19.1. The zero-order valence-corrected chi connectivity index (χ0v) is 16.8. The molecule has 3 aromatic rings. The van der Waals surface area contributed by atoms with Crippen molar-refractivity contribution in [2.75, 3.05) is 7.11 Å². The molecule has 2 aromatic heterocycles. The average Bonchev–Trinajstić information content (AvgIpc) is 3.22. The van der Waals surface area contributed by atoms with Gasteiger partial charge in [-0.3, -0.25) is 9.69 Å². The van der Waals surface area contributed by atoms with Gasteiger partial charge in [-0.05, 0) is 56.0 Å². The van der Waals surface area contributed by atoms with Crippen LogP contribution in [0, 0.1) is 6.92 Å². The van der Waals surface area contributed by atoms with Gasteiger partial charge in [-0.25, -0.2) is 9.78 Å². The first-order valence-electron chi connectivity index (χ1n) is 9.60. The number of carbonyl (C=O) groups is 2. The number of rotatable bonds is 6. The summed E-state index contributed by atoms with van der Waals surface area (Å²) in [7, 11) is 1.63. The molecule has 1 fully saturated rings. The maximum Gasteiger partial charge on any atom is 0.325 e. The van der Waals surface area contributed by atoms with Gasteiger partial charge in [0.2, 0.25) is 0 Å². The molecule has 1 N–H and O–H groups in total. The van der Waals surface area contributed by atoms with E-state index in [1.807, 2.05) is 60.1 Å². The number of imidazole rings is 1. The van der Waals surface area contributed by atoms with Crippen LogP contribution < -0.4 is 10.1 Å². The molecule has 1 saturated heterocycles. The van der Waals surface area contributed by atoms with Crippen molar-refractivity contribution in [2.24, 2.45) is 0 Å². The van der Waals surface area contributed by atoms with Crippen LogP contribution >= 0.6 is 0 Å². The van der Waals surface area contributed by atoms with E-state index in [-0.39, 0.29) is 18.5 Å². The van der Waals surface area contributed by atoms with Gasteiger partial charge in [-0.2, -0.15) is 0 Å². The van der Waals surface area contributed by atoms with Crippen LogP contribution in [0.2, 0.25) is 0 Å². The van der Waals surface area contributed by atoms with Crippen LogP contribution in [0.15, 0.2) is 48.8 Å². The lowest BCUT2D eigenvalue weighted by Gasteiger charge is -2.21. The second kappa shape index (κ2) is 7.24. The number of benzene rings is 1. The Labute approximate surface area is 169 Å². The summed E-state index contributed by atoms with van der Waals surface area (Å²) in [5, 5.41) is 2.87. The quantitative estimate of drug-likeness (QED) is 0.654. The van der Waals surface area contributed by atoms with Gasteiger partial charge in [0.25, 0.3) is 5.91 Å². The van der Waals surface area contributed by atoms with Crippen LogP contribution in [0.1, 0.15) is 30.2 Å². The van der Waals surface area contributed by atoms with Crippen molar-refractivity contribution in [2.45, 2.75) is 38.8 Å². The highest BCUT2D eigenvalue weighted by Crippen LogP contribution is 2.25. The molecular weight excluding hydrogens is 368 g/mol. The predicted octanol–water partition coefficient (Wildman–Crippen LogP) is 3.09. The van der Waals surface area contributed by atoms with Crippen LogP contribution in [0.25, 0.3) is 5.65 Å². The van der Waals surface area contributed by atoms with Crippen LogP contribution in [-0.4, -0.2) is 38.9 Å². The molecule has 3 heterocycles. The van der Waals surface area contributed by atoms with Gasteiger partial charge in [-0.1, -0.05) is 18.2 Å². The first-order valence-corrected chi connectivity index (χ1v) is 9.60. The lowest BCUT2D eigenvalue weighted by molar-refractivity contribution is -0.131. The number of ether oxygens (including phenoxy) is 1. The second-order valence-electron chi connectivity index (χ2n) is 7.66. The van der Waals surface area contributed by atoms with Crippen molar-refractivity contribution >= 4 is 17.6 Å². The van der Waals surface area contributed by atoms with E-state index in [0.717, 1.165) is 22.5 Å². The van der Waals surface area contributed by atoms with Crippen molar-refractivity contribution < 1.29 is 14.3 Å². The molecule has 4 rings (SSSR count). The lowest BCUT2D eigenvalue weighted by Crippen LogP contribution is -2.44. The fourth-order valence-electron chi connectivity index (χ4n) is 3.69. The third-order valence-electron chi connectivity index (χ3n) is 5.47. The topological polar surface area (TPSA) is 75.9 Å². The maximum atomic E-state index is 13.0. The van der Waals surface area contributed by atoms with Gasteiger partial charge >= 0.3 is 6.03 Å². The highest BCUT2D eigenvalue weighted by Gasteiger charge is 2.47. The molecule has 3 amide bonds. The second-order valence-corrected chi connectivity index (χ2v) is 7.66. The number of pyridine rings is 1. The highest BCUT2D eigenvalue weighted by atomic mass is 16.5. The first kappa shape index (κ1) is 19.0. The van der Waals surface area contributed by atoms with Crippen LogP contribution in [-0.2, 0) is 17.8 Å². The summed E-state index contributed by atoms with van der Waals surface area (Å²) in [6, 6.07) is 11.3. The maximum absolute atomic E-state index is 13.0. The van der Waals surface area contributed by atoms with Crippen LogP contribution in [0.3, 0.4) is 0 Å². The molecule has 0 radical (unpaired) electrons. The predicted molar refractivity (Wildman–Crippen MR) is 109 cm³/mol.